The summed E-state index contributed by atoms with van der Waals surface area (Å²) in [5, 5.41) is 1.27. The third-order valence-corrected chi connectivity index (χ3v) is 7.42. The first-order valence-corrected chi connectivity index (χ1v) is 15.3. The van der Waals surface area contributed by atoms with Crippen LogP contribution >= 0.6 is 12.6 Å². The van der Waals surface area contributed by atoms with Gasteiger partial charge in [-0.3, -0.25) is 0 Å². The molecule has 0 aliphatic heterocycles. The van der Waals surface area contributed by atoms with Crippen LogP contribution in [0.2, 0.25) is 0 Å². The Hall–Kier alpha value is -1.01. The van der Waals surface area contributed by atoms with E-state index in [4.69, 9.17) is 26.8 Å². The molecule has 2 aromatic rings. The van der Waals surface area contributed by atoms with E-state index in [0.717, 1.165) is 44.3 Å². The lowest BCUT2D eigenvalue weighted by Crippen LogP contribution is -2.48. The first-order valence-electron chi connectivity index (χ1n) is 14.7. The second-order valence-corrected chi connectivity index (χ2v) is 10.6. The lowest BCUT2D eigenvalue weighted by molar-refractivity contribution is -0.407. The van der Waals surface area contributed by atoms with E-state index < -0.39 is 5.97 Å². The maximum absolute atomic E-state index is 6.51. The van der Waals surface area contributed by atoms with Gasteiger partial charge in [-0.15, -0.1) is 0 Å². The molecule has 0 spiro atoms. The average molecular weight is 520 g/mol. The van der Waals surface area contributed by atoms with E-state index >= 15 is 0 Å². The van der Waals surface area contributed by atoms with Crippen LogP contribution in [0, 0.1) is 11.8 Å². The van der Waals surface area contributed by atoms with Gasteiger partial charge in [0.1, 0.15) is 0 Å². The van der Waals surface area contributed by atoms with E-state index in [9.17, 15) is 0 Å². The number of unbranched alkanes of at least 4 members (excludes halogenated alkanes) is 5. The van der Waals surface area contributed by atoms with Crippen molar-refractivity contribution in [2.45, 2.75) is 111 Å². The van der Waals surface area contributed by atoms with E-state index in [0.29, 0.717) is 25.7 Å². The first kappa shape index (κ1) is 31.2. The number of thiol groups is 1. The van der Waals surface area contributed by atoms with Crippen molar-refractivity contribution in [2.75, 3.05) is 25.6 Å². The molecular formula is C31H53NO3S. The van der Waals surface area contributed by atoms with Crippen LogP contribution in [0.3, 0.4) is 0 Å². The number of para-hydroxylation sites is 1. The predicted octanol–water partition coefficient (Wildman–Crippen LogP) is 8.95. The van der Waals surface area contributed by atoms with Crippen LogP contribution in [0.25, 0.3) is 10.9 Å². The zero-order valence-electron chi connectivity index (χ0n) is 23.5. The van der Waals surface area contributed by atoms with E-state index in [2.05, 4.69) is 63.0 Å². The predicted molar refractivity (Wildman–Crippen MR) is 157 cm³/mol. The van der Waals surface area contributed by atoms with Crippen molar-refractivity contribution in [3.05, 3.63) is 36.0 Å². The highest BCUT2D eigenvalue weighted by Crippen LogP contribution is 2.37. The molecule has 1 aromatic carbocycles. The molecule has 0 aliphatic carbocycles. The number of ether oxygens (including phenoxy) is 3. The van der Waals surface area contributed by atoms with Crippen LogP contribution in [0.5, 0.6) is 0 Å². The van der Waals surface area contributed by atoms with Gasteiger partial charge in [0.15, 0.2) is 0 Å². The van der Waals surface area contributed by atoms with E-state index in [-0.39, 0.29) is 5.92 Å². The van der Waals surface area contributed by atoms with Crippen LogP contribution in [0.4, 0.5) is 0 Å². The van der Waals surface area contributed by atoms with Gasteiger partial charge in [0, 0.05) is 17.1 Å². The molecule has 0 radical (unpaired) electrons. The van der Waals surface area contributed by atoms with Crippen LogP contribution < -0.4 is 0 Å². The summed E-state index contributed by atoms with van der Waals surface area (Å²) in [6.45, 7) is 10.7. The fourth-order valence-electron chi connectivity index (χ4n) is 5.00. The Morgan fingerprint density at radius 2 is 1.42 bits per heavy atom. The van der Waals surface area contributed by atoms with Gasteiger partial charge in [0.05, 0.1) is 19.8 Å². The van der Waals surface area contributed by atoms with Crippen LogP contribution in [0.15, 0.2) is 30.3 Å². The third kappa shape index (κ3) is 10.4. The fraction of sp³-hybridized carbons (Fsp3) is 0.742. The standard InChI is InChI=1S/C31H53NO3S/c1-5-9-10-11-12-13-17-28(31(33-19-6-2,34-20-7-3)35-21-8-4)22-26(25-36)23-29-24-27-16-14-15-18-30(27)32-29/h14-16,18,24,26,28,32,36H,5-13,17,19-23,25H2,1-4H3. The maximum atomic E-state index is 6.51. The molecule has 36 heavy (non-hydrogen) atoms. The molecule has 4 nitrogen and oxygen atoms in total. The minimum atomic E-state index is -0.965. The lowest BCUT2D eigenvalue weighted by atomic mass is 9.86. The van der Waals surface area contributed by atoms with Crippen molar-refractivity contribution in [3.63, 3.8) is 0 Å². The largest absolute Gasteiger partial charge is 0.358 e. The normalized spacial score (nSPS) is 13.9. The molecule has 5 heteroatoms. The minimum Gasteiger partial charge on any atom is -0.358 e. The summed E-state index contributed by atoms with van der Waals surface area (Å²) < 4.78 is 19.5. The second kappa shape index (κ2) is 18.3. The number of aromatic nitrogens is 1. The van der Waals surface area contributed by atoms with Crippen molar-refractivity contribution in [1.82, 2.24) is 4.98 Å². The molecule has 1 N–H and O–H groups in total. The van der Waals surface area contributed by atoms with Crippen molar-refractivity contribution in [3.8, 4) is 0 Å². The molecule has 0 saturated heterocycles. The number of aromatic amines is 1. The summed E-state index contributed by atoms with van der Waals surface area (Å²) in [7, 11) is 0. The van der Waals surface area contributed by atoms with Gasteiger partial charge in [-0.25, -0.2) is 0 Å². The Kier molecular flexibility index (Phi) is 15.8. The van der Waals surface area contributed by atoms with Gasteiger partial charge in [-0.05, 0) is 67.7 Å². The summed E-state index contributed by atoms with van der Waals surface area (Å²) in [5.41, 5.74) is 2.48. The molecule has 0 fully saturated rings. The second-order valence-electron chi connectivity index (χ2n) is 10.3. The molecule has 0 amide bonds. The first-order chi connectivity index (χ1) is 17.6. The van der Waals surface area contributed by atoms with Crippen molar-refractivity contribution >= 4 is 23.5 Å². The van der Waals surface area contributed by atoms with Gasteiger partial charge in [-0.1, -0.05) is 84.4 Å². The number of rotatable bonds is 22. The van der Waals surface area contributed by atoms with Crippen molar-refractivity contribution in [2.24, 2.45) is 11.8 Å². The number of hydrogen-bond donors (Lipinski definition) is 2. The highest BCUT2D eigenvalue weighted by Gasteiger charge is 2.43. The van der Waals surface area contributed by atoms with Gasteiger partial charge >= 0.3 is 0 Å². The van der Waals surface area contributed by atoms with Crippen molar-refractivity contribution < 1.29 is 14.2 Å². The molecule has 1 aromatic heterocycles. The number of H-pyrrole nitrogens is 1. The number of nitrogens with one attached hydrogen (secondary N) is 1. The molecule has 0 saturated carbocycles. The Morgan fingerprint density at radius 3 is 2.00 bits per heavy atom. The Labute approximate surface area is 226 Å². The third-order valence-electron chi connectivity index (χ3n) is 6.90. The zero-order chi connectivity index (χ0) is 26.1. The highest BCUT2D eigenvalue weighted by molar-refractivity contribution is 7.80. The summed E-state index contributed by atoms with van der Waals surface area (Å²) in [6.07, 6.45) is 13.5. The van der Waals surface area contributed by atoms with E-state index in [1.807, 2.05) is 0 Å². The summed E-state index contributed by atoms with van der Waals surface area (Å²) in [6, 6.07) is 10.8. The van der Waals surface area contributed by atoms with E-state index in [1.54, 1.807) is 0 Å². The van der Waals surface area contributed by atoms with Gasteiger partial charge in [0.25, 0.3) is 5.97 Å². The molecule has 2 atom stereocenters. The summed E-state index contributed by atoms with van der Waals surface area (Å²) >= 11 is 4.80. The molecule has 2 rings (SSSR count). The minimum absolute atomic E-state index is 0.176. The van der Waals surface area contributed by atoms with Crippen LogP contribution in [-0.2, 0) is 20.6 Å². The number of hydrogen-bond acceptors (Lipinski definition) is 4. The lowest BCUT2D eigenvalue weighted by Gasteiger charge is -2.41. The summed E-state index contributed by atoms with van der Waals surface area (Å²) in [5.74, 6) is 0.447. The smallest absolute Gasteiger partial charge is 0.285 e. The molecular weight excluding hydrogens is 466 g/mol. The molecule has 1 heterocycles. The SMILES string of the molecule is CCCCCCCCC(CC(CS)Cc1cc2ccccc2[nH]1)C(OCCC)(OCCC)OCCC. The van der Waals surface area contributed by atoms with Gasteiger partial charge in [-0.2, -0.15) is 12.6 Å². The fourth-order valence-corrected chi connectivity index (χ4v) is 5.28. The van der Waals surface area contributed by atoms with Crippen LogP contribution in [0.1, 0.15) is 104 Å². The molecule has 0 aliphatic rings. The van der Waals surface area contributed by atoms with Crippen molar-refractivity contribution in [1.29, 1.82) is 0 Å². The molecule has 0 bridgehead atoms. The molecule has 2 unspecified atom stereocenters. The monoisotopic (exact) mass is 519 g/mol. The quantitative estimate of drug-likeness (QED) is 0.0927. The van der Waals surface area contributed by atoms with E-state index in [1.165, 1.54) is 55.1 Å². The zero-order valence-corrected chi connectivity index (χ0v) is 24.4. The molecule has 206 valence electrons. The van der Waals surface area contributed by atoms with Gasteiger partial charge in [0.2, 0.25) is 0 Å². The average Bonchev–Trinajstić information content (AvgIpc) is 3.31. The Morgan fingerprint density at radius 1 is 0.806 bits per heavy atom. The summed E-state index contributed by atoms with van der Waals surface area (Å²) in [4.78, 5) is 3.62. The van der Waals surface area contributed by atoms with Gasteiger partial charge < -0.3 is 19.2 Å². The highest BCUT2D eigenvalue weighted by atomic mass is 32.1. The topological polar surface area (TPSA) is 43.5 Å². The Bertz CT molecular complexity index is 753. The number of fused-ring (bicyclic) bond motifs is 1. The number of benzene rings is 1. The maximum Gasteiger partial charge on any atom is 0.285 e. The Balaban J connectivity index is 2.23. The van der Waals surface area contributed by atoms with Crippen LogP contribution in [-0.4, -0.2) is 36.5 Å².